The minimum atomic E-state index is -0.996. The first-order valence-corrected chi connectivity index (χ1v) is 6.61. The van der Waals surface area contributed by atoms with Gasteiger partial charge in [0.25, 0.3) is 0 Å². The van der Waals surface area contributed by atoms with E-state index in [1.807, 2.05) is 30.3 Å². The average Bonchev–Trinajstić information content (AvgIpc) is 2.47. The number of carboxylic acids is 1. The number of carbonyl (C=O) groups is 1. The molecule has 0 saturated carbocycles. The summed E-state index contributed by atoms with van der Waals surface area (Å²) in [7, 11) is 0. The average molecular weight is 279 g/mol. The van der Waals surface area contributed by atoms with Gasteiger partial charge in [0, 0.05) is 18.0 Å². The molecule has 0 bridgehead atoms. The van der Waals surface area contributed by atoms with Crippen LogP contribution in [0.1, 0.15) is 18.3 Å². The molecular weight excluding hydrogens is 262 g/mol. The molecule has 20 heavy (non-hydrogen) atoms. The van der Waals surface area contributed by atoms with E-state index in [4.69, 9.17) is 25.1 Å². The van der Waals surface area contributed by atoms with Gasteiger partial charge >= 0.3 is 5.97 Å². The second-order valence-electron chi connectivity index (χ2n) is 5.08. The number of fused-ring (bicyclic) bond motifs is 1. The van der Waals surface area contributed by atoms with Gasteiger partial charge in [0.2, 0.25) is 0 Å². The number of rotatable bonds is 2. The third-order valence-electron chi connectivity index (χ3n) is 3.65. The fourth-order valence-electron chi connectivity index (χ4n) is 2.63. The van der Waals surface area contributed by atoms with Crippen molar-refractivity contribution < 1.29 is 24.1 Å². The summed E-state index contributed by atoms with van der Waals surface area (Å²) in [6.45, 7) is 0.279. The highest BCUT2D eigenvalue weighted by atomic mass is 16.7. The highest BCUT2D eigenvalue weighted by molar-refractivity contribution is 5.72. The van der Waals surface area contributed by atoms with E-state index in [0.29, 0.717) is 0 Å². The molecule has 2 aliphatic heterocycles. The van der Waals surface area contributed by atoms with Crippen molar-refractivity contribution in [2.45, 2.75) is 37.1 Å². The van der Waals surface area contributed by atoms with E-state index < -0.39 is 24.5 Å². The van der Waals surface area contributed by atoms with E-state index >= 15 is 0 Å². The number of benzene rings is 1. The lowest BCUT2D eigenvalue weighted by atomic mass is 9.95. The Hall–Kier alpha value is -1.47. The molecule has 2 fully saturated rings. The van der Waals surface area contributed by atoms with Crippen LogP contribution in [0, 0.1) is 0 Å². The molecule has 1 aromatic rings. The standard InChI is InChI=1S/C14H17NO5/c15-9-6-10(13(16)17)19-11-7-18-14(20-12(9)11)8-4-2-1-3-5-8/h1-5,9-12,14H,6-7,15H2,(H,16,17). The summed E-state index contributed by atoms with van der Waals surface area (Å²) >= 11 is 0. The molecule has 2 heterocycles. The van der Waals surface area contributed by atoms with Crippen LogP contribution in [0.25, 0.3) is 0 Å². The lowest BCUT2D eigenvalue weighted by Gasteiger charge is -2.44. The van der Waals surface area contributed by atoms with Crippen molar-refractivity contribution in [1.29, 1.82) is 0 Å². The van der Waals surface area contributed by atoms with Gasteiger partial charge < -0.3 is 25.1 Å². The van der Waals surface area contributed by atoms with Gasteiger partial charge in [-0.3, -0.25) is 0 Å². The van der Waals surface area contributed by atoms with E-state index in [9.17, 15) is 4.79 Å². The number of hydrogen-bond acceptors (Lipinski definition) is 5. The zero-order chi connectivity index (χ0) is 14.1. The summed E-state index contributed by atoms with van der Waals surface area (Å²) in [5, 5.41) is 9.01. The maximum atomic E-state index is 11.0. The monoisotopic (exact) mass is 279 g/mol. The van der Waals surface area contributed by atoms with E-state index in [-0.39, 0.29) is 25.2 Å². The molecule has 2 saturated heterocycles. The Balaban J connectivity index is 1.71. The SMILES string of the molecule is NC1CC(C(=O)O)OC2COC(c3ccccc3)OC12. The second kappa shape index (κ2) is 5.49. The Morgan fingerprint density at radius 1 is 1.25 bits per heavy atom. The Kier molecular flexibility index (Phi) is 3.71. The third kappa shape index (κ3) is 2.55. The number of ether oxygens (including phenoxy) is 3. The fraction of sp³-hybridized carbons (Fsp3) is 0.500. The molecule has 108 valence electrons. The van der Waals surface area contributed by atoms with E-state index in [2.05, 4.69) is 0 Å². The number of hydrogen-bond donors (Lipinski definition) is 2. The van der Waals surface area contributed by atoms with Gasteiger partial charge in [-0.25, -0.2) is 4.79 Å². The Labute approximate surface area is 116 Å². The topological polar surface area (TPSA) is 91.0 Å². The zero-order valence-electron chi connectivity index (χ0n) is 10.8. The minimum absolute atomic E-state index is 0.248. The van der Waals surface area contributed by atoms with Crippen LogP contribution in [0.5, 0.6) is 0 Å². The molecule has 5 atom stereocenters. The number of nitrogens with two attached hydrogens (primary N) is 1. The third-order valence-corrected chi connectivity index (χ3v) is 3.65. The molecule has 6 nitrogen and oxygen atoms in total. The normalized spacial score (nSPS) is 37.1. The van der Waals surface area contributed by atoms with Gasteiger partial charge in [-0.2, -0.15) is 0 Å². The largest absolute Gasteiger partial charge is 0.479 e. The van der Waals surface area contributed by atoms with Gasteiger partial charge in [-0.15, -0.1) is 0 Å². The van der Waals surface area contributed by atoms with Crippen molar-refractivity contribution in [2.24, 2.45) is 5.73 Å². The maximum Gasteiger partial charge on any atom is 0.332 e. The van der Waals surface area contributed by atoms with Crippen LogP contribution in [-0.4, -0.2) is 42.0 Å². The van der Waals surface area contributed by atoms with E-state index in [1.165, 1.54) is 0 Å². The zero-order valence-corrected chi connectivity index (χ0v) is 10.8. The van der Waals surface area contributed by atoms with Crippen molar-refractivity contribution >= 4 is 5.97 Å². The second-order valence-corrected chi connectivity index (χ2v) is 5.08. The van der Waals surface area contributed by atoms with E-state index in [1.54, 1.807) is 0 Å². The molecule has 0 aliphatic carbocycles. The summed E-state index contributed by atoms with van der Waals surface area (Å²) in [4.78, 5) is 11.0. The van der Waals surface area contributed by atoms with Crippen molar-refractivity contribution in [3.05, 3.63) is 35.9 Å². The lowest BCUT2D eigenvalue weighted by Crippen LogP contribution is -2.59. The van der Waals surface area contributed by atoms with Gasteiger partial charge in [-0.1, -0.05) is 30.3 Å². The van der Waals surface area contributed by atoms with Gasteiger partial charge in [0.05, 0.1) is 6.61 Å². The smallest absolute Gasteiger partial charge is 0.332 e. The minimum Gasteiger partial charge on any atom is -0.479 e. The van der Waals surface area contributed by atoms with Gasteiger partial charge in [-0.05, 0) is 0 Å². The molecule has 0 spiro atoms. The van der Waals surface area contributed by atoms with Crippen LogP contribution < -0.4 is 5.73 Å². The predicted octanol–water partition coefficient (Wildman–Crippen LogP) is 0.670. The van der Waals surface area contributed by atoms with E-state index in [0.717, 1.165) is 5.56 Å². The first-order valence-electron chi connectivity index (χ1n) is 6.61. The van der Waals surface area contributed by atoms with Crippen molar-refractivity contribution in [3.63, 3.8) is 0 Å². The first-order chi connectivity index (χ1) is 9.65. The molecule has 3 N–H and O–H groups in total. The molecule has 5 unspecified atom stereocenters. The molecule has 6 heteroatoms. The van der Waals surface area contributed by atoms with Crippen molar-refractivity contribution in [3.8, 4) is 0 Å². The predicted molar refractivity (Wildman–Crippen MR) is 68.9 cm³/mol. The lowest BCUT2D eigenvalue weighted by molar-refractivity contribution is -0.291. The van der Waals surface area contributed by atoms with Crippen LogP contribution >= 0.6 is 0 Å². The van der Waals surface area contributed by atoms with Crippen LogP contribution in [0.2, 0.25) is 0 Å². The molecule has 0 amide bonds. The number of carboxylic acid groups (broad SMARTS) is 1. The molecular formula is C14H17NO5. The molecule has 0 aromatic heterocycles. The summed E-state index contributed by atoms with van der Waals surface area (Å²) in [6, 6.07) is 9.20. The van der Waals surface area contributed by atoms with Crippen molar-refractivity contribution in [2.75, 3.05) is 6.61 Å². The number of aliphatic carboxylic acids is 1. The summed E-state index contributed by atoms with van der Waals surface area (Å²) < 4.78 is 16.9. The quantitative estimate of drug-likeness (QED) is 0.827. The highest BCUT2D eigenvalue weighted by Gasteiger charge is 2.44. The summed E-state index contributed by atoms with van der Waals surface area (Å²) in [5.74, 6) is -0.996. The van der Waals surface area contributed by atoms with Crippen LogP contribution in [0.4, 0.5) is 0 Å². The molecule has 0 radical (unpaired) electrons. The Bertz CT molecular complexity index is 480. The van der Waals surface area contributed by atoms with Crippen LogP contribution in [0.3, 0.4) is 0 Å². The summed E-state index contributed by atoms with van der Waals surface area (Å²) in [5.41, 5.74) is 6.95. The summed E-state index contributed by atoms with van der Waals surface area (Å²) in [6.07, 6.45) is -1.89. The Morgan fingerprint density at radius 3 is 2.70 bits per heavy atom. The molecule has 2 aliphatic rings. The van der Waals surface area contributed by atoms with Crippen molar-refractivity contribution in [1.82, 2.24) is 0 Å². The molecule has 3 rings (SSSR count). The molecule has 1 aromatic carbocycles. The maximum absolute atomic E-state index is 11.0. The fourth-order valence-corrected chi connectivity index (χ4v) is 2.63. The van der Waals surface area contributed by atoms with Gasteiger partial charge in [0.15, 0.2) is 12.4 Å². The van der Waals surface area contributed by atoms with Crippen LogP contribution in [0.15, 0.2) is 30.3 Å². The highest BCUT2D eigenvalue weighted by Crippen LogP contribution is 2.33. The Morgan fingerprint density at radius 2 is 2.00 bits per heavy atom. The van der Waals surface area contributed by atoms with Crippen LogP contribution in [-0.2, 0) is 19.0 Å². The van der Waals surface area contributed by atoms with Gasteiger partial charge in [0.1, 0.15) is 12.2 Å². The first kappa shape index (κ1) is 13.5.